The lowest BCUT2D eigenvalue weighted by molar-refractivity contribution is -0.128. The fraction of sp³-hybridized carbons (Fsp3) is 0.750. The highest BCUT2D eigenvalue weighted by atomic mass is 16.5. The number of ether oxygens (including phenoxy) is 1. The fourth-order valence-electron chi connectivity index (χ4n) is 0.166. The van der Waals surface area contributed by atoms with Crippen molar-refractivity contribution in [1.29, 1.82) is 0 Å². The van der Waals surface area contributed by atoms with Crippen LogP contribution in [-0.2, 0) is 9.53 Å². The third-order valence-corrected chi connectivity index (χ3v) is 0.390. The van der Waals surface area contributed by atoms with Gasteiger partial charge in [0.25, 0.3) is 6.47 Å². The quantitative estimate of drug-likeness (QED) is 0.425. The van der Waals surface area contributed by atoms with Crippen molar-refractivity contribution < 1.29 is 9.53 Å². The molecule has 0 saturated heterocycles. The molecular formula is C4H11NO2. The predicted octanol–water partition coefficient (Wildman–Crippen LogP) is 0.731. The summed E-state index contributed by atoms with van der Waals surface area (Å²) in [6.45, 7) is 2.95. The van der Waals surface area contributed by atoms with Gasteiger partial charge in [-0.1, -0.05) is 6.92 Å². The van der Waals surface area contributed by atoms with Gasteiger partial charge in [-0.25, -0.2) is 0 Å². The topological polar surface area (TPSA) is 61.3 Å². The summed E-state index contributed by atoms with van der Waals surface area (Å²) in [5.41, 5.74) is 0. The number of hydrogen-bond acceptors (Lipinski definition) is 3. The first kappa shape index (κ1) is 9.66. The van der Waals surface area contributed by atoms with Crippen molar-refractivity contribution in [3.63, 3.8) is 0 Å². The second-order valence-corrected chi connectivity index (χ2v) is 0.967. The van der Waals surface area contributed by atoms with Crippen LogP contribution in [0.2, 0.25) is 0 Å². The maximum absolute atomic E-state index is 9.34. The summed E-state index contributed by atoms with van der Waals surface area (Å²) in [5.74, 6) is 0. The van der Waals surface area contributed by atoms with Gasteiger partial charge >= 0.3 is 0 Å². The predicted molar refractivity (Wildman–Crippen MR) is 27.3 cm³/mol. The maximum atomic E-state index is 9.34. The van der Waals surface area contributed by atoms with Gasteiger partial charge in [-0.3, -0.25) is 4.79 Å². The van der Waals surface area contributed by atoms with Crippen LogP contribution >= 0.6 is 0 Å². The lowest BCUT2D eigenvalue weighted by Crippen LogP contribution is -1.86. The molecule has 0 aliphatic carbocycles. The van der Waals surface area contributed by atoms with Crippen molar-refractivity contribution >= 4 is 6.47 Å². The van der Waals surface area contributed by atoms with Crippen LogP contribution < -0.4 is 6.15 Å². The largest absolute Gasteiger partial charge is 0.468 e. The third kappa shape index (κ3) is 10.8. The second-order valence-electron chi connectivity index (χ2n) is 0.967. The molecule has 0 amide bonds. The second kappa shape index (κ2) is 9.06. The SMILES string of the molecule is CCCOC=O.N. The highest BCUT2D eigenvalue weighted by molar-refractivity contribution is 5.36. The van der Waals surface area contributed by atoms with Crippen LogP contribution in [0.3, 0.4) is 0 Å². The van der Waals surface area contributed by atoms with Gasteiger partial charge in [0.2, 0.25) is 0 Å². The Labute approximate surface area is 43.2 Å². The average molecular weight is 105 g/mol. The average Bonchev–Trinajstić information content (AvgIpc) is 1.61. The van der Waals surface area contributed by atoms with Gasteiger partial charge in [0.15, 0.2) is 0 Å². The third-order valence-electron chi connectivity index (χ3n) is 0.390. The monoisotopic (exact) mass is 105 g/mol. The van der Waals surface area contributed by atoms with E-state index >= 15 is 0 Å². The molecule has 3 N–H and O–H groups in total. The van der Waals surface area contributed by atoms with Crippen molar-refractivity contribution in [3.05, 3.63) is 0 Å². The van der Waals surface area contributed by atoms with Gasteiger partial charge < -0.3 is 10.9 Å². The minimum atomic E-state index is 0. The summed E-state index contributed by atoms with van der Waals surface area (Å²) in [6, 6.07) is 0. The Hall–Kier alpha value is -0.570. The number of rotatable bonds is 3. The van der Waals surface area contributed by atoms with Crippen molar-refractivity contribution in [2.45, 2.75) is 13.3 Å². The van der Waals surface area contributed by atoms with E-state index < -0.39 is 0 Å². The minimum Gasteiger partial charge on any atom is -0.468 e. The molecule has 0 spiro atoms. The molecule has 44 valence electrons. The molecule has 3 heteroatoms. The van der Waals surface area contributed by atoms with E-state index in [-0.39, 0.29) is 6.15 Å². The van der Waals surface area contributed by atoms with E-state index in [4.69, 9.17) is 0 Å². The highest BCUT2D eigenvalue weighted by Gasteiger charge is 1.71. The first-order valence-electron chi connectivity index (χ1n) is 1.97. The molecule has 0 aliphatic heterocycles. The van der Waals surface area contributed by atoms with Gasteiger partial charge in [-0.2, -0.15) is 0 Å². The highest BCUT2D eigenvalue weighted by Crippen LogP contribution is 1.71. The molecule has 0 rings (SSSR count). The Balaban J connectivity index is 0. The molecule has 0 aromatic carbocycles. The Bertz CT molecular complexity index is 38.7. The molecule has 0 aromatic heterocycles. The Morgan fingerprint density at radius 1 is 1.71 bits per heavy atom. The molecule has 7 heavy (non-hydrogen) atoms. The van der Waals surface area contributed by atoms with E-state index in [0.717, 1.165) is 6.42 Å². The first-order valence-corrected chi connectivity index (χ1v) is 1.97. The number of hydrogen-bond donors (Lipinski definition) is 1. The van der Waals surface area contributed by atoms with E-state index in [1.807, 2.05) is 6.92 Å². The Morgan fingerprint density at radius 3 is 2.43 bits per heavy atom. The van der Waals surface area contributed by atoms with Crippen molar-refractivity contribution in [2.24, 2.45) is 0 Å². The van der Waals surface area contributed by atoms with Gasteiger partial charge in [0, 0.05) is 0 Å². The summed E-state index contributed by atoms with van der Waals surface area (Å²) in [4.78, 5) is 9.34. The summed E-state index contributed by atoms with van der Waals surface area (Å²) in [5, 5.41) is 0. The zero-order valence-electron chi connectivity index (χ0n) is 4.52. The lowest BCUT2D eigenvalue weighted by atomic mass is 10.5. The molecule has 0 fully saturated rings. The molecule has 0 atom stereocenters. The molecule has 0 radical (unpaired) electrons. The molecule has 0 unspecified atom stereocenters. The molecule has 0 bridgehead atoms. The smallest absolute Gasteiger partial charge is 0.293 e. The fourth-order valence-corrected chi connectivity index (χ4v) is 0.166. The van der Waals surface area contributed by atoms with E-state index in [0.29, 0.717) is 13.1 Å². The molecular weight excluding hydrogens is 94.0 g/mol. The van der Waals surface area contributed by atoms with Crippen molar-refractivity contribution in [1.82, 2.24) is 6.15 Å². The van der Waals surface area contributed by atoms with Crippen LogP contribution in [-0.4, -0.2) is 13.1 Å². The van der Waals surface area contributed by atoms with Crippen LogP contribution in [0.1, 0.15) is 13.3 Å². The van der Waals surface area contributed by atoms with Crippen LogP contribution in [0.15, 0.2) is 0 Å². The molecule has 3 nitrogen and oxygen atoms in total. The van der Waals surface area contributed by atoms with E-state index in [9.17, 15) is 4.79 Å². The zero-order valence-corrected chi connectivity index (χ0v) is 4.52. The summed E-state index contributed by atoms with van der Waals surface area (Å²) >= 11 is 0. The van der Waals surface area contributed by atoms with Crippen LogP contribution in [0.25, 0.3) is 0 Å². The zero-order chi connectivity index (χ0) is 4.83. The molecule has 0 aliphatic rings. The number of carbonyl (C=O) groups is 1. The normalized spacial score (nSPS) is 6.43. The van der Waals surface area contributed by atoms with Crippen molar-refractivity contribution in [3.8, 4) is 0 Å². The van der Waals surface area contributed by atoms with Gasteiger partial charge in [-0.15, -0.1) is 0 Å². The minimum absolute atomic E-state index is 0. The van der Waals surface area contributed by atoms with Crippen molar-refractivity contribution in [2.75, 3.05) is 6.61 Å². The van der Waals surface area contributed by atoms with Crippen LogP contribution in [0, 0.1) is 0 Å². The summed E-state index contributed by atoms with van der Waals surface area (Å²) in [7, 11) is 0. The van der Waals surface area contributed by atoms with E-state index in [1.165, 1.54) is 0 Å². The molecule has 0 aromatic rings. The van der Waals surface area contributed by atoms with Gasteiger partial charge in [0.05, 0.1) is 6.61 Å². The standard InChI is InChI=1S/C4H8O2.H3N/c1-2-3-6-4-5;/h4H,2-3H2,1H3;1H3. The molecule has 0 heterocycles. The molecule has 0 saturated carbocycles. The first-order chi connectivity index (χ1) is 2.91. The van der Waals surface area contributed by atoms with E-state index in [2.05, 4.69) is 4.74 Å². The van der Waals surface area contributed by atoms with E-state index in [1.54, 1.807) is 0 Å². The summed E-state index contributed by atoms with van der Waals surface area (Å²) in [6.07, 6.45) is 0.902. The summed E-state index contributed by atoms with van der Waals surface area (Å²) < 4.78 is 4.30. The van der Waals surface area contributed by atoms with Crippen LogP contribution in [0.4, 0.5) is 0 Å². The Kier molecular flexibility index (Phi) is 12.5. The maximum Gasteiger partial charge on any atom is 0.293 e. The van der Waals surface area contributed by atoms with Gasteiger partial charge in [-0.05, 0) is 6.42 Å². The Morgan fingerprint density at radius 2 is 2.29 bits per heavy atom. The van der Waals surface area contributed by atoms with Crippen LogP contribution in [0.5, 0.6) is 0 Å². The van der Waals surface area contributed by atoms with Gasteiger partial charge in [0.1, 0.15) is 0 Å². The lowest BCUT2D eigenvalue weighted by Gasteiger charge is -1.86. The number of carbonyl (C=O) groups excluding carboxylic acids is 1.